The van der Waals surface area contributed by atoms with E-state index in [1.807, 2.05) is 0 Å². The number of allylic oxidation sites excluding steroid dienone is 14. The highest BCUT2D eigenvalue weighted by Gasteiger charge is 2.19. The fraction of sp³-hybridized carbons (Fsp3) is 0.779. The second kappa shape index (κ2) is 71.1. The van der Waals surface area contributed by atoms with Gasteiger partial charge in [-0.3, -0.25) is 14.4 Å². The van der Waals surface area contributed by atoms with Crippen molar-refractivity contribution in [2.24, 2.45) is 0 Å². The quantitative estimate of drug-likeness (QED) is 0.0261. The smallest absolute Gasteiger partial charge is 0.306 e. The standard InChI is InChI=1S/C77H136O6/c1-4-7-10-13-16-19-22-25-28-30-32-34-35-36-37-38-39-40-41-43-44-46-49-52-55-58-61-64-67-70-76(79)82-73-74(72-81-75(78)69-66-63-60-57-54-51-48-27-24-21-18-15-12-9-6-3)83-77(80)71-68-65-62-59-56-53-50-47-45-42-33-31-29-26-23-20-17-14-11-8-5-2/h9,12,18,21-22,25,27,30-33,48,54,57,74H,4-8,10-11,13-17,19-20,23-24,26,28-29,34-47,49-53,55-56,58-73H2,1-3H3/b12-9-,21-18-,25-22-,32-30-,33-31-,48-27-,57-54-. The molecule has 0 aromatic heterocycles. The average molecular weight is 1160 g/mol. The van der Waals surface area contributed by atoms with Gasteiger partial charge in [-0.1, -0.05) is 318 Å². The molecule has 0 aliphatic heterocycles. The Hall–Kier alpha value is -3.41. The Kier molecular flexibility index (Phi) is 68.2. The van der Waals surface area contributed by atoms with Crippen molar-refractivity contribution in [1.82, 2.24) is 0 Å². The van der Waals surface area contributed by atoms with E-state index in [0.29, 0.717) is 19.3 Å². The minimum absolute atomic E-state index is 0.0877. The minimum atomic E-state index is -0.796. The number of unbranched alkanes of at least 4 members (excludes halogenated alkanes) is 41. The Morgan fingerprint density at radius 1 is 0.253 bits per heavy atom. The third-order valence-electron chi connectivity index (χ3n) is 15.9. The van der Waals surface area contributed by atoms with Crippen LogP contribution in [0.2, 0.25) is 0 Å². The van der Waals surface area contributed by atoms with Gasteiger partial charge < -0.3 is 14.2 Å². The summed E-state index contributed by atoms with van der Waals surface area (Å²) >= 11 is 0. The lowest BCUT2D eigenvalue weighted by Crippen LogP contribution is -2.30. The van der Waals surface area contributed by atoms with Crippen molar-refractivity contribution >= 4 is 17.9 Å². The Morgan fingerprint density at radius 2 is 0.470 bits per heavy atom. The number of carbonyl (C=O) groups excluding carboxylic acids is 3. The summed E-state index contributed by atoms with van der Waals surface area (Å²) in [4.78, 5) is 38.4. The second-order valence-corrected chi connectivity index (χ2v) is 24.1. The predicted octanol–water partition coefficient (Wildman–Crippen LogP) is 25.0. The molecule has 0 radical (unpaired) electrons. The highest BCUT2D eigenvalue weighted by atomic mass is 16.6. The molecule has 6 heteroatoms. The highest BCUT2D eigenvalue weighted by Crippen LogP contribution is 2.18. The predicted molar refractivity (Wildman–Crippen MR) is 362 cm³/mol. The monoisotopic (exact) mass is 1160 g/mol. The molecule has 0 aliphatic carbocycles. The molecule has 6 nitrogen and oxygen atoms in total. The molecule has 0 aliphatic rings. The van der Waals surface area contributed by atoms with Gasteiger partial charge in [0, 0.05) is 19.3 Å². The van der Waals surface area contributed by atoms with Crippen LogP contribution in [0.5, 0.6) is 0 Å². The SMILES string of the molecule is CC/C=C\C/C=C\C/C=C\C/C=C\CCCCC(=O)OCC(COC(=O)CCCCCCCCCCCCCCCCCCC/C=C\C/C=C\CCCCCCC)OC(=O)CCCCCCCCCCC/C=C\CCCCCCCCCC. The molecular formula is C77H136O6. The summed E-state index contributed by atoms with van der Waals surface area (Å²) in [6.45, 7) is 6.53. The molecule has 0 aromatic rings. The van der Waals surface area contributed by atoms with E-state index in [4.69, 9.17) is 14.2 Å². The maximum absolute atomic E-state index is 13.0. The van der Waals surface area contributed by atoms with Crippen LogP contribution in [0.4, 0.5) is 0 Å². The summed E-state index contributed by atoms with van der Waals surface area (Å²) in [5.41, 5.74) is 0. The Morgan fingerprint density at radius 3 is 0.771 bits per heavy atom. The summed E-state index contributed by atoms with van der Waals surface area (Å²) in [6.07, 6.45) is 94.8. The zero-order valence-electron chi connectivity index (χ0n) is 55.2. The second-order valence-electron chi connectivity index (χ2n) is 24.1. The first kappa shape index (κ1) is 79.6. The van der Waals surface area contributed by atoms with Crippen molar-refractivity contribution in [1.29, 1.82) is 0 Å². The normalized spacial score (nSPS) is 12.6. The van der Waals surface area contributed by atoms with Gasteiger partial charge in [0.25, 0.3) is 0 Å². The molecule has 0 rings (SSSR count). The van der Waals surface area contributed by atoms with Gasteiger partial charge in [-0.15, -0.1) is 0 Å². The number of hydrogen-bond acceptors (Lipinski definition) is 6. The maximum atomic E-state index is 13.0. The van der Waals surface area contributed by atoms with Gasteiger partial charge in [0.1, 0.15) is 13.2 Å². The van der Waals surface area contributed by atoms with Crippen molar-refractivity contribution in [3.8, 4) is 0 Å². The molecule has 0 heterocycles. The fourth-order valence-electron chi connectivity index (χ4n) is 10.5. The lowest BCUT2D eigenvalue weighted by atomic mass is 10.0. The fourth-order valence-corrected chi connectivity index (χ4v) is 10.5. The van der Waals surface area contributed by atoms with Gasteiger partial charge in [0.05, 0.1) is 0 Å². The van der Waals surface area contributed by atoms with Crippen LogP contribution >= 0.6 is 0 Å². The number of hydrogen-bond donors (Lipinski definition) is 0. The summed E-state index contributed by atoms with van der Waals surface area (Å²) < 4.78 is 17.0. The number of ether oxygens (including phenoxy) is 3. The van der Waals surface area contributed by atoms with Crippen LogP contribution in [-0.2, 0) is 28.6 Å². The number of rotatable bonds is 66. The van der Waals surface area contributed by atoms with Gasteiger partial charge in [0.2, 0.25) is 0 Å². The molecule has 480 valence electrons. The molecule has 0 saturated heterocycles. The molecule has 1 unspecified atom stereocenters. The summed E-state index contributed by atoms with van der Waals surface area (Å²) in [6, 6.07) is 0. The molecule has 83 heavy (non-hydrogen) atoms. The summed E-state index contributed by atoms with van der Waals surface area (Å²) in [5, 5.41) is 0. The van der Waals surface area contributed by atoms with Crippen LogP contribution < -0.4 is 0 Å². The minimum Gasteiger partial charge on any atom is -0.462 e. The zero-order chi connectivity index (χ0) is 59.9. The summed E-state index contributed by atoms with van der Waals surface area (Å²) in [7, 11) is 0. The first-order valence-electron chi connectivity index (χ1n) is 36.1. The number of carbonyl (C=O) groups is 3. The third-order valence-corrected chi connectivity index (χ3v) is 15.9. The van der Waals surface area contributed by atoms with E-state index in [0.717, 1.165) is 89.9 Å². The molecule has 0 amide bonds. The van der Waals surface area contributed by atoms with Crippen LogP contribution in [0.25, 0.3) is 0 Å². The first-order chi connectivity index (χ1) is 41.0. The van der Waals surface area contributed by atoms with Crippen LogP contribution in [0.1, 0.15) is 367 Å². The van der Waals surface area contributed by atoms with Crippen molar-refractivity contribution < 1.29 is 28.6 Å². The molecule has 0 fully saturated rings. The van der Waals surface area contributed by atoms with E-state index < -0.39 is 6.10 Å². The van der Waals surface area contributed by atoms with Crippen molar-refractivity contribution in [3.05, 3.63) is 85.1 Å². The first-order valence-corrected chi connectivity index (χ1v) is 36.1. The van der Waals surface area contributed by atoms with Gasteiger partial charge >= 0.3 is 17.9 Å². The van der Waals surface area contributed by atoms with E-state index in [1.54, 1.807) is 0 Å². The largest absolute Gasteiger partial charge is 0.462 e. The lowest BCUT2D eigenvalue weighted by molar-refractivity contribution is -0.167. The molecule has 0 saturated carbocycles. The average Bonchev–Trinajstić information content (AvgIpc) is 3.49. The molecule has 1 atom stereocenters. The topological polar surface area (TPSA) is 78.9 Å². The van der Waals surface area contributed by atoms with E-state index >= 15 is 0 Å². The van der Waals surface area contributed by atoms with Crippen LogP contribution in [-0.4, -0.2) is 37.2 Å². The molecule has 0 bridgehead atoms. The van der Waals surface area contributed by atoms with Gasteiger partial charge in [-0.05, 0) is 116 Å². The van der Waals surface area contributed by atoms with Crippen molar-refractivity contribution in [2.45, 2.75) is 374 Å². The Balaban J connectivity index is 4.28. The number of esters is 3. The van der Waals surface area contributed by atoms with Crippen LogP contribution in [0.3, 0.4) is 0 Å². The van der Waals surface area contributed by atoms with Gasteiger partial charge in [-0.2, -0.15) is 0 Å². The third kappa shape index (κ3) is 69.3. The van der Waals surface area contributed by atoms with Crippen LogP contribution in [0, 0.1) is 0 Å². The van der Waals surface area contributed by atoms with Gasteiger partial charge in [0.15, 0.2) is 6.10 Å². The lowest BCUT2D eigenvalue weighted by Gasteiger charge is -2.18. The van der Waals surface area contributed by atoms with E-state index in [2.05, 4.69) is 106 Å². The highest BCUT2D eigenvalue weighted by molar-refractivity contribution is 5.71. The van der Waals surface area contributed by atoms with Crippen molar-refractivity contribution in [2.75, 3.05) is 13.2 Å². The maximum Gasteiger partial charge on any atom is 0.306 e. The van der Waals surface area contributed by atoms with E-state index in [-0.39, 0.29) is 31.1 Å². The van der Waals surface area contributed by atoms with Gasteiger partial charge in [-0.25, -0.2) is 0 Å². The van der Waals surface area contributed by atoms with Crippen LogP contribution in [0.15, 0.2) is 85.1 Å². The van der Waals surface area contributed by atoms with Crippen molar-refractivity contribution in [3.63, 3.8) is 0 Å². The molecule has 0 spiro atoms. The molecular weight excluding hydrogens is 1020 g/mol. The summed E-state index contributed by atoms with van der Waals surface area (Å²) in [5.74, 6) is -0.914. The Labute approximate surface area is 515 Å². The molecule has 0 aromatic carbocycles. The Bertz CT molecular complexity index is 1570. The molecule has 0 N–H and O–H groups in total. The van der Waals surface area contributed by atoms with E-state index in [1.165, 1.54) is 238 Å². The van der Waals surface area contributed by atoms with E-state index in [9.17, 15) is 14.4 Å². The zero-order valence-corrected chi connectivity index (χ0v) is 55.2.